The third-order valence-corrected chi connectivity index (χ3v) is 8.75. The molecule has 7 heteroatoms. The van der Waals surface area contributed by atoms with Crippen molar-refractivity contribution in [2.45, 2.75) is 0 Å². The average Bonchev–Trinajstić information content (AvgIpc) is 3.50. The smallest absolute Gasteiger partial charge is 0.198 e. The molecule has 3 aromatic heterocycles. The molecular weight excluding hydrogens is 573 g/mol. The number of hydrogen-bond acceptors (Lipinski definition) is 6. The van der Waals surface area contributed by atoms with Gasteiger partial charge in [0.2, 0.25) is 0 Å². The first-order valence-electron chi connectivity index (χ1n) is 14.4. The Morgan fingerprint density at radius 1 is 0.489 bits per heavy atom. The highest BCUT2D eigenvalue weighted by atomic mass is 32.1. The standard InChI is InChI=1S/C38H22N6S/c1-39-30-20-12-11-19-28(30)38-40-32(24-13-5-2-6-14-24)34-33(41-38)29-23-27(21-22-31(29)45-34)37-43-35(25-15-7-3-8-16-25)42-36(44-37)26-17-9-4-10-18-26/h2-23H. The van der Waals surface area contributed by atoms with Crippen molar-refractivity contribution >= 4 is 37.3 Å². The van der Waals surface area contributed by atoms with Crippen LogP contribution in [0.25, 0.3) is 82.0 Å². The second kappa shape index (κ2) is 11.2. The molecule has 0 aliphatic carbocycles. The van der Waals surface area contributed by atoms with E-state index in [0.717, 1.165) is 48.3 Å². The van der Waals surface area contributed by atoms with Crippen LogP contribution >= 0.6 is 11.3 Å². The molecule has 210 valence electrons. The van der Waals surface area contributed by atoms with E-state index in [2.05, 4.69) is 35.2 Å². The van der Waals surface area contributed by atoms with Gasteiger partial charge in [-0.1, -0.05) is 115 Å². The van der Waals surface area contributed by atoms with E-state index in [-0.39, 0.29) is 0 Å². The Hall–Kier alpha value is -6.10. The summed E-state index contributed by atoms with van der Waals surface area (Å²) in [5, 5.41) is 0.983. The van der Waals surface area contributed by atoms with Gasteiger partial charge in [-0.2, -0.15) is 0 Å². The van der Waals surface area contributed by atoms with Gasteiger partial charge in [0, 0.05) is 37.9 Å². The van der Waals surface area contributed by atoms with Crippen molar-refractivity contribution in [3.05, 3.63) is 145 Å². The van der Waals surface area contributed by atoms with Crippen molar-refractivity contribution < 1.29 is 0 Å². The molecule has 0 saturated carbocycles. The van der Waals surface area contributed by atoms with Gasteiger partial charge in [0.05, 0.1) is 22.5 Å². The second-order valence-corrected chi connectivity index (χ2v) is 11.5. The molecule has 5 aromatic carbocycles. The Morgan fingerprint density at radius 2 is 1.04 bits per heavy atom. The normalized spacial score (nSPS) is 11.1. The molecule has 8 aromatic rings. The van der Waals surface area contributed by atoms with Gasteiger partial charge in [-0.15, -0.1) is 11.3 Å². The van der Waals surface area contributed by atoms with Crippen molar-refractivity contribution in [3.63, 3.8) is 0 Å². The predicted molar refractivity (Wildman–Crippen MR) is 182 cm³/mol. The zero-order valence-corrected chi connectivity index (χ0v) is 24.6. The Kier molecular flexibility index (Phi) is 6.60. The zero-order chi connectivity index (χ0) is 30.2. The van der Waals surface area contributed by atoms with Gasteiger partial charge in [0.25, 0.3) is 0 Å². The lowest BCUT2D eigenvalue weighted by Crippen LogP contribution is -2.00. The van der Waals surface area contributed by atoms with Crippen molar-refractivity contribution in [1.82, 2.24) is 24.9 Å². The SMILES string of the molecule is [C-]#[N+]c1ccccc1-c1nc(-c2ccccc2)c2sc3ccc(-c4nc(-c5ccccc5)nc(-c5ccccc5)n4)cc3c2n1. The monoisotopic (exact) mass is 594 g/mol. The minimum Gasteiger partial charge on any atom is -0.237 e. The van der Waals surface area contributed by atoms with E-state index in [4.69, 9.17) is 31.5 Å². The lowest BCUT2D eigenvalue weighted by Gasteiger charge is -2.09. The van der Waals surface area contributed by atoms with Crippen molar-refractivity contribution in [2.24, 2.45) is 0 Å². The van der Waals surface area contributed by atoms with Crippen LogP contribution in [0.2, 0.25) is 0 Å². The van der Waals surface area contributed by atoms with Crippen LogP contribution < -0.4 is 0 Å². The summed E-state index contributed by atoms with van der Waals surface area (Å²) in [6, 6.07) is 43.8. The second-order valence-electron chi connectivity index (χ2n) is 10.4. The maximum absolute atomic E-state index is 7.75. The molecule has 0 aliphatic heterocycles. The van der Waals surface area contributed by atoms with Gasteiger partial charge in [-0.05, 0) is 18.2 Å². The number of aromatic nitrogens is 5. The molecule has 0 saturated heterocycles. The lowest BCUT2D eigenvalue weighted by molar-refractivity contribution is 1.07. The Labute approximate surface area is 263 Å². The number of benzene rings is 5. The summed E-state index contributed by atoms with van der Waals surface area (Å²) < 4.78 is 2.07. The Bertz CT molecular complexity index is 2320. The molecule has 0 amide bonds. The largest absolute Gasteiger partial charge is 0.237 e. The van der Waals surface area contributed by atoms with Gasteiger partial charge >= 0.3 is 0 Å². The number of para-hydroxylation sites is 1. The minimum atomic E-state index is 0.517. The van der Waals surface area contributed by atoms with Crippen molar-refractivity contribution in [2.75, 3.05) is 0 Å². The van der Waals surface area contributed by atoms with Gasteiger partial charge in [-0.25, -0.2) is 29.8 Å². The highest BCUT2D eigenvalue weighted by Crippen LogP contribution is 2.41. The first-order chi connectivity index (χ1) is 22.2. The molecule has 0 atom stereocenters. The van der Waals surface area contributed by atoms with Crippen molar-refractivity contribution in [3.8, 4) is 56.8 Å². The highest BCUT2D eigenvalue weighted by Gasteiger charge is 2.19. The summed E-state index contributed by atoms with van der Waals surface area (Å²) in [6.07, 6.45) is 0. The van der Waals surface area contributed by atoms with E-state index in [0.29, 0.717) is 34.5 Å². The summed E-state index contributed by atoms with van der Waals surface area (Å²) in [4.78, 5) is 28.6. The fourth-order valence-corrected chi connectivity index (χ4v) is 6.53. The van der Waals surface area contributed by atoms with E-state index < -0.39 is 0 Å². The molecule has 0 radical (unpaired) electrons. The van der Waals surface area contributed by atoms with Crippen LogP contribution in [0.4, 0.5) is 5.69 Å². The number of thiophene rings is 1. The first-order valence-corrected chi connectivity index (χ1v) is 15.2. The number of nitrogens with zero attached hydrogens (tertiary/aromatic N) is 6. The first kappa shape index (κ1) is 26.5. The van der Waals surface area contributed by atoms with E-state index in [1.54, 1.807) is 17.4 Å². The van der Waals surface area contributed by atoms with Crippen LogP contribution in [0, 0.1) is 6.57 Å². The van der Waals surface area contributed by atoms with E-state index in [1.807, 2.05) is 97.1 Å². The van der Waals surface area contributed by atoms with Gasteiger partial charge < -0.3 is 0 Å². The molecule has 8 rings (SSSR count). The molecule has 0 fully saturated rings. The molecule has 6 nitrogen and oxygen atoms in total. The quantitative estimate of drug-likeness (QED) is 0.186. The molecule has 0 N–H and O–H groups in total. The molecule has 0 spiro atoms. The summed E-state index contributed by atoms with van der Waals surface area (Å²) in [6.45, 7) is 7.75. The van der Waals surface area contributed by atoms with Crippen LogP contribution in [0.3, 0.4) is 0 Å². The Morgan fingerprint density at radius 3 is 1.67 bits per heavy atom. The summed E-state index contributed by atoms with van der Waals surface area (Å²) in [5.74, 6) is 2.33. The third kappa shape index (κ3) is 4.89. The molecule has 0 unspecified atom stereocenters. The predicted octanol–water partition coefficient (Wildman–Crippen LogP) is 9.92. The fraction of sp³-hybridized carbons (Fsp3) is 0. The maximum atomic E-state index is 7.75. The van der Waals surface area contributed by atoms with Crippen molar-refractivity contribution in [1.29, 1.82) is 0 Å². The van der Waals surface area contributed by atoms with Gasteiger partial charge in [0.1, 0.15) is 5.82 Å². The molecule has 45 heavy (non-hydrogen) atoms. The topological polar surface area (TPSA) is 68.8 Å². The number of rotatable bonds is 5. The number of fused-ring (bicyclic) bond motifs is 3. The summed E-state index contributed by atoms with van der Waals surface area (Å²) in [7, 11) is 0. The summed E-state index contributed by atoms with van der Waals surface area (Å²) >= 11 is 1.66. The third-order valence-electron chi connectivity index (χ3n) is 7.58. The average molecular weight is 595 g/mol. The molecular formula is C38H22N6S. The fourth-order valence-electron chi connectivity index (χ4n) is 5.39. The highest BCUT2D eigenvalue weighted by molar-refractivity contribution is 7.26. The van der Waals surface area contributed by atoms with Crippen LogP contribution in [0.5, 0.6) is 0 Å². The van der Waals surface area contributed by atoms with Crippen LogP contribution in [0.15, 0.2) is 133 Å². The molecule has 0 bridgehead atoms. The maximum Gasteiger partial charge on any atom is 0.198 e. The van der Waals surface area contributed by atoms with E-state index in [9.17, 15) is 0 Å². The van der Waals surface area contributed by atoms with Crippen LogP contribution in [-0.4, -0.2) is 24.9 Å². The van der Waals surface area contributed by atoms with E-state index >= 15 is 0 Å². The van der Waals surface area contributed by atoms with E-state index in [1.165, 1.54) is 0 Å². The summed E-state index contributed by atoms with van der Waals surface area (Å²) in [5.41, 5.74) is 6.60. The van der Waals surface area contributed by atoms with Gasteiger partial charge in [0.15, 0.2) is 23.2 Å². The lowest BCUT2D eigenvalue weighted by atomic mass is 10.1. The Balaban J connectivity index is 1.37. The van der Waals surface area contributed by atoms with Crippen LogP contribution in [0.1, 0.15) is 0 Å². The number of hydrogen-bond donors (Lipinski definition) is 0. The zero-order valence-electron chi connectivity index (χ0n) is 23.8. The molecule has 0 aliphatic rings. The van der Waals surface area contributed by atoms with Gasteiger partial charge in [-0.3, -0.25) is 0 Å². The van der Waals surface area contributed by atoms with Crippen LogP contribution in [-0.2, 0) is 0 Å². The molecule has 3 heterocycles. The minimum absolute atomic E-state index is 0.517.